The van der Waals surface area contributed by atoms with E-state index in [0.717, 1.165) is 6.42 Å². The average molecular weight is 534 g/mol. The molecular weight excluding hydrogens is 494 g/mol. The minimum absolute atomic E-state index is 0.193. The Labute approximate surface area is 229 Å². The van der Waals surface area contributed by atoms with Gasteiger partial charge in [-0.05, 0) is 63.3 Å². The highest BCUT2D eigenvalue weighted by Crippen LogP contribution is 2.26. The van der Waals surface area contributed by atoms with Crippen molar-refractivity contribution >= 4 is 23.4 Å². The van der Waals surface area contributed by atoms with Gasteiger partial charge in [0.05, 0.1) is 17.1 Å². The van der Waals surface area contributed by atoms with Crippen molar-refractivity contribution in [1.29, 1.82) is 0 Å². The zero-order valence-corrected chi connectivity index (χ0v) is 23.4. The predicted octanol–water partition coefficient (Wildman–Crippen LogP) is 4.89. The lowest BCUT2D eigenvalue weighted by molar-refractivity contribution is 0.0647. The van der Waals surface area contributed by atoms with E-state index in [1.165, 1.54) is 10.5 Å². The van der Waals surface area contributed by atoms with Crippen molar-refractivity contribution in [2.75, 3.05) is 19.6 Å². The third-order valence-corrected chi connectivity index (χ3v) is 7.25. The molecule has 208 valence electrons. The summed E-state index contributed by atoms with van der Waals surface area (Å²) in [6.45, 7) is 11.2. The van der Waals surface area contributed by atoms with Crippen LogP contribution in [0.15, 0.2) is 54.7 Å². The van der Waals surface area contributed by atoms with E-state index in [4.69, 9.17) is 0 Å². The molecule has 2 unspecified atom stereocenters. The third-order valence-electron chi connectivity index (χ3n) is 7.25. The van der Waals surface area contributed by atoms with Crippen LogP contribution in [0.25, 0.3) is 5.52 Å². The molecule has 1 saturated heterocycles. The quantitative estimate of drug-likeness (QED) is 0.429. The number of hydrogen-bond donors (Lipinski definition) is 2. The second-order valence-corrected chi connectivity index (χ2v) is 11.7. The second kappa shape index (κ2) is 11.5. The number of rotatable bonds is 8. The fraction of sp³-hybridized carbons (Fsp3) is 0.467. The summed E-state index contributed by atoms with van der Waals surface area (Å²) in [5.41, 5.74) is 1.85. The molecule has 0 saturated carbocycles. The number of carbonyl (C=O) groups is 3. The number of nitrogens with one attached hydrogen (secondary N) is 1. The Balaban J connectivity index is 1.49. The Bertz CT molecular complexity index is 1330. The largest absolute Gasteiger partial charge is 0.465 e. The standard InChI is InChI=1S/C30H39N5O4/c1-20(2)16-22(21-10-7-6-8-11-21)18-31-27(36)24-12-9-14-34-26(24)17-25(32-34)28(37)33-15-13-23(19-33)35(29(38)39)30(3,4)5/h6-12,14,17,20,22-23H,13,15-16,18-19H2,1-5H3,(H,31,36)(H,38,39). The van der Waals surface area contributed by atoms with E-state index in [1.54, 1.807) is 33.8 Å². The summed E-state index contributed by atoms with van der Waals surface area (Å²) in [7, 11) is 0. The van der Waals surface area contributed by atoms with Gasteiger partial charge in [0.2, 0.25) is 0 Å². The number of hydrogen-bond acceptors (Lipinski definition) is 4. The molecule has 4 rings (SSSR count). The highest BCUT2D eigenvalue weighted by molar-refractivity contribution is 6.02. The highest BCUT2D eigenvalue weighted by atomic mass is 16.4. The number of pyridine rings is 1. The lowest BCUT2D eigenvalue weighted by Gasteiger charge is -2.37. The number of carbonyl (C=O) groups excluding carboxylic acids is 2. The fourth-order valence-corrected chi connectivity index (χ4v) is 5.54. The van der Waals surface area contributed by atoms with Crippen LogP contribution in [0.4, 0.5) is 4.79 Å². The second-order valence-electron chi connectivity index (χ2n) is 11.7. The van der Waals surface area contributed by atoms with Gasteiger partial charge in [0.15, 0.2) is 5.69 Å². The molecule has 1 aliphatic rings. The van der Waals surface area contributed by atoms with Crippen molar-refractivity contribution in [1.82, 2.24) is 24.7 Å². The van der Waals surface area contributed by atoms with E-state index in [-0.39, 0.29) is 29.5 Å². The number of likely N-dealkylation sites (tertiary alicyclic amines) is 1. The van der Waals surface area contributed by atoms with E-state index >= 15 is 0 Å². The number of benzene rings is 1. The molecule has 39 heavy (non-hydrogen) atoms. The van der Waals surface area contributed by atoms with E-state index in [2.05, 4.69) is 36.4 Å². The van der Waals surface area contributed by atoms with Crippen molar-refractivity contribution < 1.29 is 19.5 Å². The van der Waals surface area contributed by atoms with Crippen molar-refractivity contribution in [3.63, 3.8) is 0 Å². The fourth-order valence-electron chi connectivity index (χ4n) is 5.54. The molecule has 1 fully saturated rings. The molecule has 1 aliphatic heterocycles. The molecule has 2 aromatic heterocycles. The van der Waals surface area contributed by atoms with Crippen LogP contribution in [0.3, 0.4) is 0 Å². The number of nitrogens with zero attached hydrogens (tertiary/aromatic N) is 4. The monoisotopic (exact) mass is 533 g/mol. The van der Waals surface area contributed by atoms with E-state index in [0.29, 0.717) is 43.1 Å². The van der Waals surface area contributed by atoms with Crippen molar-refractivity contribution in [2.24, 2.45) is 5.92 Å². The molecule has 9 heteroatoms. The lowest BCUT2D eigenvalue weighted by Crippen LogP contribution is -2.52. The minimum Gasteiger partial charge on any atom is -0.465 e. The summed E-state index contributed by atoms with van der Waals surface area (Å²) >= 11 is 0. The number of aromatic nitrogens is 2. The first kappa shape index (κ1) is 28.1. The topological polar surface area (TPSA) is 107 Å². The maximum Gasteiger partial charge on any atom is 0.408 e. The van der Waals surface area contributed by atoms with Crippen LogP contribution < -0.4 is 5.32 Å². The van der Waals surface area contributed by atoms with Crippen molar-refractivity contribution in [3.05, 3.63) is 71.5 Å². The third kappa shape index (κ3) is 6.41. The van der Waals surface area contributed by atoms with Crippen molar-refractivity contribution in [3.8, 4) is 0 Å². The summed E-state index contributed by atoms with van der Waals surface area (Å²) in [6.07, 6.45) is 2.24. The molecule has 3 heterocycles. The van der Waals surface area contributed by atoms with Gasteiger partial charge in [-0.3, -0.25) is 14.5 Å². The van der Waals surface area contributed by atoms with Gasteiger partial charge >= 0.3 is 6.09 Å². The maximum absolute atomic E-state index is 13.3. The van der Waals surface area contributed by atoms with Gasteiger partial charge in [0.25, 0.3) is 11.8 Å². The Morgan fingerprint density at radius 1 is 1.13 bits per heavy atom. The minimum atomic E-state index is -0.993. The van der Waals surface area contributed by atoms with Gasteiger partial charge < -0.3 is 15.3 Å². The smallest absolute Gasteiger partial charge is 0.408 e. The van der Waals surface area contributed by atoms with Gasteiger partial charge in [-0.2, -0.15) is 5.10 Å². The Morgan fingerprint density at radius 3 is 2.49 bits per heavy atom. The van der Waals surface area contributed by atoms with Crippen LogP contribution in [0, 0.1) is 5.92 Å². The van der Waals surface area contributed by atoms with Crippen LogP contribution in [0.2, 0.25) is 0 Å². The maximum atomic E-state index is 13.3. The van der Waals surface area contributed by atoms with E-state index in [9.17, 15) is 19.5 Å². The number of amides is 3. The van der Waals surface area contributed by atoms with Crippen LogP contribution in [-0.2, 0) is 0 Å². The van der Waals surface area contributed by atoms with E-state index < -0.39 is 11.6 Å². The molecule has 1 aromatic carbocycles. The summed E-state index contributed by atoms with van der Waals surface area (Å²) in [5.74, 6) is 0.189. The molecule has 2 atom stereocenters. The van der Waals surface area contributed by atoms with Crippen LogP contribution in [0.5, 0.6) is 0 Å². The molecule has 2 N–H and O–H groups in total. The van der Waals surface area contributed by atoms with Crippen LogP contribution in [-0.4, -0.2) is 73.6 Å². The molecule has 3 amide bonds. The molecule has 0 spiro atoms. The van der Waals surface area contributed by atoms with Crippen molar-refractivity contribution in [2.45, 2.75) is 65.0 Å². The number of fused-ring (bicyclic) bond motifs is 1. The Hall–Kier alpha value is -3.88. The normalized spacial score (nSPS) is 16.5. The molecule has 0 aliphatic carbocycles. The first-order valence-electron chi connectivity index (χ1n) is 13.6. The van der Waals surface area contributed by atoms with Gasteiger partial charge in [-0.25, -0.2) is 9.31 Å². The molecule has 9 nitrogen and oxygen atoms in total. The molecule has 3 aromatic rings. The Morgan fingerprint density at radius 2 is 1.85 bits per heavy atom. The first-order valence-corrected chi connectivity index (χ1v) is 13.6. The first-order chi connectivity index (χ1) is 18.5. The molecule has 0 radical (unpaired) electrons. The zero-order chi connectivity index (χ0) is 28.3. The van der Waals surface area contributed by atoms with E-state index in [1.807, 2.05) is 39.0 Å². The van der Waals surface area contributed by atoms with Crippen LogP contribution in [0.1, 0.15) is 79.8 Å². The molecular formula is C30H39N5O4. The zero-order valence-electron chi connectivity index (χ0n) is 23.4. The summed E-state index contributed by atoms with van der Waals surface area (Å²) < 4.78 is 1.55. The number of carboxylic acid groups (broad SMARTS) is 1. The highest BCUT2D eigenvalue weighted by Gasteiger charge is 2.39. The predicted molar refractivity (Wildman–Crippen MR) is 150 cm³/mol. The van der Waals surface area contributed by atoms with Gasteiger partial charge in [-0.15, -0.1) is 0 Å². The summed E-state index contributed by atoms with van der Waals surface area (Å²) in [4.78, 5) is 41.6. The lowest BCUT2D eigenvalue weighted by atomic mass is 9.90. The summed E-state index contributed by atoms with van der Waals surface area (Å²) in [5, 5.41) is 17.3. The van der Waals surface area contributed by atoms with Crippen LogP contribution >= 0.6 is 0 Å². The van der Waals surface area contributed by atoms with Gasteiger partial charge in [0.1, 0.15) is 0 Å². The van der Waals surface area contributed by atoms with Gasteiger partial charge in [0, 0.05) is 37.3 Å². The SMILES string of the molecule is CC(C)CC(CNC(=O)c1cccn2nc(C(=O)N3CCC(N(C(=O)O)C(C)(C)C)C3)cc12)c1ccccc1. The average Bonchev–Trinajstić information content (AvgIpc) is 3.52. The molecule has 0 bridgehead atoms. The summed E-state index contributed by atoms with van der Waals surface area (Å²) in [6, 6.07) is 15.0. The Kier molecular flexibility index (Phi) is 8.28. The van der Waals surface area contributed by atoms with Gasteiger partial charge in [-0.1, -0.05) is 44.2 Å².